The zero-order valence-electron chi connectivity index (χ0n) is 9.23. The molecule has 0 radical (unpaired) electrons. The van der Waals surface area contributed by atoms with Crippen LogP contribution < -0.4 is 10.6 Å². The fourth-order valence-electron chi connectivity index (χ4n) is 1.27. The Hall–Kier alpha value is -2.16. The number of anilines is 2. The molecule has 1 heterocycles. The Bertz CT molecular complexity index is 570. The van der Waals surface area contributed by atoms with Gasteiger partial charge in [0.2, 0.25) is 0 Å². The Morgan fingerprint density at radius 1 is 1.26 bits per heavy atom. The molecule has 0 saturated carbocycles. The summed E-state index contributed by atoms with van der Waals surface area (Å²) >= 11 is 0.902. The Morgan fingerprint density at radius 2 is 2.05 bits per heavy atom. The van der Waals surface area contributed by atoms with E-state index in [9.17, 15) is 18.0 Å². The molecular formula is C10H7F3N4OS. The average Bonchev–Trinajstić information content (AvgIpc) is 2.80. The summed E-state index contributed by atoms with van der Waals surface area (Å²) in [6.07, 6.45) is -3.12. The van der Waals surface area contributed by atoms with Gasteiger partial charge in [-0.2, -0.15) is 21.9 Å². The Labute approximate surface area is 109 Å². The average molecular weight is 288 g/mol. The van der Waals surface area contributed by atoms with Crippen LogP contribution in [0.3, 0.4) is 0 Å². The first-order valence-electron chi connectivity index (χ1n) is 4.98. The normalized spacial score (nSPS) is 11.1. The monoisotopic (exact) mass is 288 g/mol. The van der Waals surface area contributed by atoms with Gasteiger partial charge in [0.1, 0.15) is 0 Å². The highest BCUT2D eigenvalue weighted by Gasteiger charge is 2.30. The van der Waals surface area contributed by atoms with E-state index in [2.05, 4.69) is 19.4 Å². The van der Waals surface area contributed by atoms with E-state index in [1.54, 1.807) is 0 Å². The minimum absolute atomic E-state index is 0.0375. The first-order valence-corrected chi connectivity index (χ1v) is 5.71. The number of carbonyl (C=O) groups is 1. The molecule has 1 aromatic heterocycles. The number of urea groups is 1. The first kappa shape index (κ1) is 13.3. The van der Waals surface area contributed by atoms with E-state index < -0.39 is 17.8 Å². The van der Waals surface area contributed by atoms with Crippen LogP contribution in [-0.2, 0) is 6.18 Å². The minimum Gasteiger partial charge on any atom is -0.308 e. The Morgan fingerprint density at radius 3 is 2.68 bits per heavy atom. The Balaban J connectivity index is 2.05. The molecule has 2 N–H and O–H groups in total. The lowest BCUT2D eigenvalue weighted by Crippen LogP contribution is -2.19. The van der Waals surface area contributed by atoms with E-state index in [0.29, 0.717) is 0 Å². The molecule has 0 bridgehead atoms. The van der Waals surface area contributed by atoms with Crippen molar-refractivity contribution in [2.75, 3.05) is 10.6 Å². The van der Waals surface area contributed by atoms with Crippen LogP contribution in [0.25, 0.3) is 0 Å². The SMILES string of the molecule is O=C(Nc1cccc(C(F)(F)F)c1)Nc1cnsn1. The third-order valence-corrected chi connectivity index (χ3v) is 2.53. The molecule has 0 unspecified atom stereocenters. The summed E-state index contributed by atoms with van der Waals surface area (Å²) in [7, 11) is 0. The summed E-state index contributed by atoms with van der Waals surface area (Å²) in [6.45, 7) is 0. The van der Waals surface area contributed by atoms with Crippen molar-refractivity contribution >= 4 is 29.3 Å². The molecule has 5 nitrogen and oxygen atoms in total. The second-order valence-corrected chi connectivity index (χ2v) is 4.01. The van der Waals surface area contributed by atoms with Crippen LogP contribution in [0.5, 0.6) is 0 Å². The minimum atomic E-state index is -4.45. The van der Waals surface area contributed by atoms with Crippen molar-refractivity contribution < 1.29 is 18.0 Å². The molecule has 0 spiro atoms. The number of nitrogens with one attached hydrogen (secondary N) is 2. The van der Waals surface area contributed by atoms with Crippen molar-refractivity contribution in [3.8, 4) is 0 Å². The summed E-state index contributed by atoms with van der Waals surface area (Å²) < 4.78 is 44.8. The number of nitrogens with zero attached hydrogens (tertiary/aromatic N) is 2. The molecule has 9 heteroatoms. The maximum absolute atomic E-state index is 12.5. The lowest BCUT2D eigenvalue weighted by atomic mass is 10.2. The second kappa shape index (κ2) is 5.22. The van der Waals surface area contributed by atoms with Gasteiger partial charge in [0.05, 0.1) is 23.5 Å². The standard InChI is InChI=1S/C10H7F3N4OS/c11-10(12,13)6-2-1-3-7(4-6)15-9(18)16-8-5-14-19-17-8/h1-5H,(H2,15,16,17,18). The van der Waals surface area contributed by atoms with Gasteiger partial charge in [-0.1, -0.05) is 6.07 Å². The van der Waals surface area contributed by atoms with E-state index in [1.807, 2.05) is 0 Å². The van der Waals surface area contributed by atoms with Gasteiger partial charge in [0, 0.05) is 5.69 Å². The van der Waals surface area contributed by atoms with Crippen molar-refractivity contribution in [2.24, 2.45) is 0 Å². The predicted molar refractivity (Wildman–Crippen MR) is 64.0 cm³/mol. The van der Waals surface area contributed by atoms with Crippen LogP contribution >= 0.6 is 11.7 Å². The largest absolute Gasteiger partial charge is 0.416 e. The quantitative estimate of drug-likeness (QED) is 0.891. The number of aromatic nitrogens is 2. The number of hydrogen-bond acceptors (Lipinski definition) is 4. The van der Waals surface area contributed by atoms with Gasteiger partial charge in [0.25, 0.3) is 0 Å². The van der Waals surface area contributed by atoms with Crippen molar-refractivity contribution in [1.82, 2.24) is 8.75 Å². The van der Waals surface area contributed by atoms with Gasteiger partial charge >= 0.3 is 12.2 Å². The first-order chi connectivity index (χ1) is 8.95. The van der Waals surface area contributed by atoms with E-state index in [-0.39, 0.29) is 11.5 Å². The van der Waals surface area contributed by atoms with E-state index in [0.717, 1.165) is 23.9 Å². The zero-order chi connectivity index (χ0) is 13.9. The van der Waals surface area contributed by atoms with E-state index >= 15 is 0 Å². The maximum atomic E-state index is 12.5. The molecule has 100 valence electrons. The van der Waals surface area contributed by atoms with Crippen LogP contribution in [0.2, 0.25) is 0 Å². The Kier molecular flexibility index (Phi) is 3.65. The third kappa shape index (κ3) is 3.65. The molecule has 0 aliphatic carbocycles. The smallest absolute Gasteiger partial charge is 0.308 e. The molecule has 0 aliphatic rings. The summed E-state index contributed by atoms with van der Waals surface area (Å²) in [5, 5.41) is 4.61. The van der Waals surface area contributed by atoms with Crippen molar-refractivity contribution in [2.45, 2.75) is 6.18 Å². The third-order valence-electron chi connectivity index (χ3n) is 2.05. The van der Waals surface area contributed by atoms with Crippen LogP contribution in [0, 0.1) is 0 Å². The topological polar surface area (TPSA) is 66.9 Å². The highest BCUT2D eigenvalue weighted by molar-refractivity contribution is 6.99. The summed E-state index contributed by atoms with van der Waals surface area (Å²) in [5.41, 5.74) is -0.795. The molecule has 0 fully saturated rings. The van der Waals surface area contributed by atoms with Gasteiger partial charge in [-0.3, -0.25) is 5.32 Å². The van der Waals surface area contributed by atoms with Crippen molar-refractivity contribution in [1.29, 1.82) is 0 Å². The molecule has 2 amide bonds. The fourth-order valence-corrected chi connectivity index (χ4v) is 1.65. The fraction of sp³-hybridized carbons (Fsp3) is 0.100. The summed E-state index contributed by atoms with van der Waals surface area (Å²) in [4.78, 5) is 11.5. The zero-order valence-corrected chi connectivity index (χ0v) is 10.0. The molecule has 19 heavy (non-hydrogen) atoms. The van der Waals surface area contributed by atoms with Crippen molar-refractivity contribution in [3.05, 3.63) is 36.0 Å². The molecule has 1 aromatic carbocycles. The number of halogens is 3. The van der Waals surface area contributed by atoms with Crippen LogP contribution in [-0.4, -0.2) is 14.8 Å². The number of benzene rings is 1. The molecule has 0 atom stereocenters. The molecule has 0 aliphatic heterocycles. The van der Waals surface area contributed by atoms with Gasteiger partial charge < -0.3 is 5.32 Å². The summed E-state index contributed by atoms with van der Waals surface area (Å²) in [6, 6.07) is 3.65. The summed E-state index contributed by atoms with van der Waals surface area (Å²) in [5.74, 6) is 0.231. The molecule has 2 rings (SSSR count). The molecular weight excluding hydrogens is 281 g/mol. The van der Waals surface area contributed by atoms with Gasteiger partial charge in [0.15, 0.2) is 5.82 Å². The van der Waals surface area contributed by atoms with Gasteiger partial charge in [-0.15, -0.1) is 0 Å². The van der Waals surface area contributed by atoms with E-state index in [1.165, 1.54) is 18.3 Å². The highest BCUT2D eigenvalue weighted by Crippen LogP contribution is 2.30. The number of rotatable bonds is 2. The highest BCUT2D eigenvalue weighted by atomic mass is 32.1. The van der Waals surface area contributed by atoms with E-state index in [4.69, 9.17) is 0 Å². The number of amides is 2. The van der Waals surface area contributed by atoms with Gasteiger partial charge in [-0.25, -0.2) is 4.79 Å². The van der Waals surface area contributed by atoms with Crippen LogP contribution in [0.1, 0.15) is 5.56 Å². The van der Waals surface area contributed by atoms with Gasteiger partial charge in [-0.05, 0) is 18.2 Å². The lowest BCUT2D eigenvalue weighted by molar-refractivity contribution is -0.137. The lowest BCUT2D eigenvalue weighted by Gasteiger charge is -2.09. The van der Waals surface area contributed by atoms with Crippen molar-refractivity contribution in [3.63, 3.8) is 0 Å². The maximum Gasteiger partial charge on any atom is 0.416 e. The number of hydrogen-bond donors (Lipinski definition) is 2. The number of alkyl halides is 3. The second-order valence-electron chi connectivity index (χ2n) is 3.45. The molecule has 0 saturated heterocycles. The van der Waals surface area contributed by atoms with Crippen LogP contribution in [0.15, 0.2) is 30.5 Å². The number of carbonyl (C=O) groups excluding carboxylic acids is 1. The van der Waals surface area contributed by atoms with Crippen LogP contribution in [0.4, 0.5) is 29.5 Å². The predicted octanol–water partition coefficient (Wildman–Crippen LogP) is 3.20. The molecule has 2 aromatic rings.